The monoisotopic (exact) mass is 292 g/mol. The second-order valence-corrected chi connectivity index (χ2v) is 4.84. The van der Waals surface area contributed by atoms with E-state index in [1.807, 2.05) is 4.90 Å². The molecule has 0 saturated carbocycles. The highest BCUT2D eigenvalue weighted by Crippen LogP contribution is 2.30. The second-order valence-electron chi connectivity index (χ2n) is 4.84. The first kappa shape index (κ1) is 15.0. The number of hydrogen-bond donors (Lipinski definition) is 2. The Balaban J connectivity index is 2.38. The van der Waals surface area contributed by atoms with Crippen molar-refractivity contribution in [3.63, 3.8) is 0 Å². The fourth-order valence-corrected chi connectivity index (χ4v) is 2.58. The molecule has 1 unspecified atom stereocenters. The van der Waals surface area contributed by atoms with Crippen molar-refractivity contribution in [3.05, 3.63) is 35.7 Å². The largest absolute Gasteiger partial charge is 0.478 e. The zero-order valence-electron chi connectivity index (χ0n) is 11.7. The molecule has 0 aromatic heterocycles. The molecule has 5 nitrogen and oxygen atoms in total. The molecule has 1 aliphatic heterocycles. The number of aliphatic carboxylic acids is 1. The molecule has 21 heavy (non-hydrogen) atoms. The van der Waals surface area contributed by atoms with Crippen LogP contribution in [0, 0.1) is 5.82 Å². The number of halogens is 1. The molecule has 6 heteroatoms. The average molecular weight is 292 g/mol. The molecule has 1 amide bonds. The number of amides is 1. The number of benzene rings is 1. The summed E-state index contributed by atoms with van der Waals surface area (Å²) < 4.78 is 13.4. The molecular formula is C15H17FN2O3. The molecule has 2 N–H and O–H groups in total. The molecule has 0 aliphatic carbocycles. The molecule has 1 fully saturated rings. The lowest BCUT2D eigenvalue weighted by Gasteiger charge is -2.27. The van der Waals surface area contributed by atoms with Crippen molar-refractivity contribution in [3.8, 4) is 0 Å². The lowest BCUT2D eigenvalue weighted by Crippen LogP contribution is -2.42. The highest BCUT2D eigenvalue weighted by atomic mass is 19.1. The van der Waals surface area contributed by atoms with Crippen LogP contribution in [0.4, 0.5) is 10.1 Å². The number of carboxylic acids is 1. The summed E-state index contributed by atoms with van der Waals surface area (Å²) in [6.45, 7) is 0.678. The van der Waals surface area contributed by atoms with Gasteiger partial charge in [0, 0.05) is 30.9 Å². The first-order chi connectivity index (χ1) is 10.0. The van der Waals surface area contributed by atoms with Crippen molar-refractivity contribution in [1.82, 2.24) is 5.32 Å². The molecule has 112 valence electrons. The van der Waals surface area contributed by atoms with E-state index >= 15 is 0 Å². The van der Waals surface area contributed by atoms with Crippen molar-refractivity contribution in [1.29, 1.82) is 0 Å². The summed E-state index contributed by atoms with van der Waals surface area (Å²) in [6.07, 6.45) is 3.89. The number of rotatable bonds is 4. The molecule has 1 aromatic carbocycles. The van der Waals surface area contributed by atoms with Crippen molar-refractivity contribution in [2.24, 2.45) is 0 Å². The van der Waals surface area contributed by atoms with Gasteiger partial charge in [0.15, 0.2) is 0 Å². The van der Waals surface area contributed by atoms with Crippen molar-refractivity contribution in [2.75, 3.05) is 18.5 Å². The van der Waals surface area contributed by atoms with E-state index in [4.69, 9.17) is 5.11 Å². The van der Waals surface area contributed by atoms with E-state index < -0.39 is 11.8 Å². The van der Waals surface area contributed by atoms with Crippen LogP contribution in [0.15, 0.2) is 24.3 Å². The topological polar surface area (TPSA) is 69.6 Å². The van der Waals surface area contributed by atoms with Gasteiger partial charge in [-0.3, -0.25) is 4.79 Å². The fourth-order valence-electron chi connectivity index (χ4n) is 2.58. The summed E-state index contributed by atoms with van der Waals surface area (Å²) in [4.78, 5) is 24.4. The number of hydrogen-bond acceptors (Lipinski definition) is 3. The average Bonchev–Trinajstić information content (AvgIpc) is 2.93. The fraction of sp³-hybridized carbons (Fsp3) is 0.333. The molecule has 1 atom stereocenters. The summed E-state index contributed by atoms with van der Waals surface area (Å²) in [7, 11) is 1.58. The van der Waals surface area contributed by atoms with Gasteiger partial charge in [0.2, 0.25) is 5.91 Å². The van der Waals surface area contributed by atoms with E-state index in [0.29, 0.717) is 17.8 Å². The Morgan fingerprint density at radius 3 is 2.90 bits per heavy atom. The minimum Gasteiger partial charge on any atom is -0.478 e. The van der Waals surface area contributed by atoms with Gasteiger partial charge in [-0.25, -0.2) is 9.18 Å². The van der Waals surface area contributed by atoms with Gasteiger partial charge in [0.25, 0.3) is 0 Å². The van der Waals surface area contributed by atoms with E-state index in [-0.39, 0.29) is 11.9 Å². The Morgan fingerprint density at radius 2 is 2.24 bits per heavy atom. The standard InChI is InChI=1S/C15H17FN2O3/c1-17-15(21)13-3-2-8-18(13)12-6-5-11(16)9-10(12)4-7-14(19)20/h4-7,9,13H,2-3,8H2,1H3,(H,17,21)(H,19,20). The smallest absolute Gasteiger partial charge is 0.328 e. The number of anilines is 1. The molecule has 1 aliphatic rings. The van der Waals surface area contributed by atoms with Gasteiger partial charge in [0.1, 0.15) is 11.9 Å². The SMILES string of the molecule is CNC(=O)C1CCCN1c1ccc(F)cc1C=CC(=O)O. The van der Waals surface area contributed by atoms with Crippen LogP contribution >= 0.6 is 0 Å². The van der Waals surface area contributed by atoms with E-state index in [1.54, 1.807) is 13.1 Å². The zero-order chi connectivity index (χ0) is 15.4. The highest BCUT2D eigenvalue weighted by molar-refractivity contribution is 5.89. The summed E-state index contributed by atoms with van der Waals surface area (Å²) in [6, 6.07) is 3.86. The van der Waals surface area contributed by atoms with Crippen LogP contribution in [-0.4, -0.2) is 36.6 Å². The minimum atomic E-state index is -1.10. The van der Waals surface area contributed by atoms with Crippen LogP contribution in [-0.2, 0) is 9.59 Å². The van der Waals surface area contributed by atoms with Crippen molar-refractivity contribution in [2.45, 2.75) is 18.9 Å². The number of nitrogens with one attached hydrogen (secondary N) is 1. The Labute approximate surface area is 122 Å². The Morgan fingerprint density at radius 1 is 1.48 bits per heavy atom. The maximum Gasteiger partial charge on any atom is 0.328 e. The third kappa shape index (κ3) is 3.39. The van der Waals surface area contributed by atoms with Crippen LogP contribution in [0.5, 0.6) is 0 Å². The predicted molar refractivity (Wildman–Crippen MR) is 77.5 cm³/mol. The molecule has 2 rings (SSSR count). The van der Waals surface area contributed by atoms with E-state index in [2.05, 4.69) is 5.32 Å². The van der Waals surface area contributed by atoms with Gasteiger partial charge in [-0.15, -0.1) is 0 Å². The van der Waals surface area contributed by atoms with Gasteiger partial charge < -0.3 is 15.3 Å². The van der Waals surface area contributed by atoms with Crippen LogP contribution < -0.4 is 10.2 Å². The molecule has 0 radical (unpaired) electrons. The number of likely N-dealkylation sites (N-methyl/N-ethyl adjacent to an activating group) is 1. The van der Waals surface area contributed by atoms with E-state index in [0.717, 1.165) is 18.9 Å². The molecule has 1 heterocycles. The van der Waals surface area contributed by atoms with Gasteiger partial charge >= 0.3 is 5.97 Å². The lowest BCUT2D eigenvalue weighted by atomic mass is 10.1. The summed E-state index contributed by atoms with van der Waals surface area (Å²) in [5, 5.41) is 11.3. The van der Waals surface area contributed by atoms with E-state index in [9.17, 15) is 14.0 Å². The maximum atomic E-state index is 13.4. The second kappa shape index (κ2) is 6.39. The zero-order valence-corrected chi connectivity index (χ0v) is 11.7. The number of carboxylic acid groups (broad SMARTS) is 1. The Hall–Kier alpha value is -2.37. The van der Waals surface area contributed by atoms with E-state index in [1.165, 1.54) is 18.2 Å². The van der Waals surface area contributed by atoms with Gasteiger partial charge in [-0.1, -0.05) is 0 Å². The number of carbonyl (C=O) groups is 2. The third-order valence-corrected chi connectivity index (χ3v) is 3.51. The van der Waals surface area contributed by atoms with Crippen molar-refractivity contribution >= 4 is 23.6 Å². The van der Waals surface area contributed by atoms with Crippen molar-refractivity contribution < 1.29 is 19.1 Å². The number of carbonyl (C=O) groups excluding carboxylic acids is 1. The Kier molecular flexibility index (Phi) is 4.57. The molecule has 1 saturated heterocycles. The van der Waals surface area contributed by atoms with Crippen LogP contribution in [0.1, 0.15) is 18.4 Å². The summed E-state index contributed by atoms with van der Waals surface area (Å²) >= 11 is 0. The molecule has 1 aromatic rings. The molecule has 0 spiro atoms. The minimum absolute atomic E-state index is 0.0926. The third-order valence-electron chi connectivity index (χ3n) is 3.51. The van der Waals surface area contributed by atoms with Gasteiger partial charge in [0.05, 0.1) is 0 Å². The predicted octanol–water partition coefficient (Wildman–Crippen LogP) is 1.64. The maximum absolute atomic E-state index is 13.4. The normalized spacial score (nSPS) is 18.2. The first-order valence-electron chi connectivity index (χ1n) is 6.71. The molecule has 0 bridgehead atoms. The van der Waals surface area contributed by atoms with Crippen LogP contribution in [0.2, 0.25) is 0 Å². The highest BCUT2D eigenvalue weighted by Gasteiger charge is 2.31. The lowest BCUT2D eigenvalue weighted by molar-refractivity contribution is -0.131. The number of nitrogens with zero attached hydrogens (tertiary/aromatic N) is 1. The summed E-state index contributed by atoms with van der Waals surface area (Å²) in [5.74, 6) is -1.64. The van der Waals surface area contributed by atoms with Gasteiger partial charge in [-0.2, -0.15) is 0 Å². The van der Waals surface area contributed by atoms with Gasteiger partial charge in [-0.05, 0) is 37.1 Å². The first-order valence-corrected chi connectivity index (χ1v) is 6.71. The van der Waals surface area contributed by atoms with Crippen LogP contribution in [0.25, 0.3) is 6.08 Å². The summed E-state index contributed by atoms with van der Waals surface area (Å²) in [5.41, 5.74) is 1.12. The quantitative estimate of drug-likeness (QED) is 0.828. The van der Waals surface area contributed by atoms with Crippen LogP contribution in [0.3, 0.4) is 0 Å². The molecular weight excluding hydrogens is 275 g/mol. The Bertz CT molecular complexity index is 586.